The molecular formula is C13H11NO3S. The second kappa shape index (κ2) is 5.27. The number of Topliss-reactive ketones (excluding diaryl/α,β-unsaturated/α-hetero) is 3. The van der Waals surface area contributed by atoms with Gasteiger partial charge in [-0.3, -0.25) is 14.4 Å². The average molecular weight is 261 g/mol. The fourth-order valence-electron chi connectivity index (χ4n) is 1.67. The Morgan fingerprint density at radius 2 is 1.67 bits per heavy atom. The molecule has 1 saturated carbocycles. The summed E-state index contributed by atoms with van der Waals surface area (Å²) in [5.74, 6) is -1.50. The van der Waals surface area contributed by atoms with Crippen LogP contribution in [0, 0.1) is 0 Å². The van der Waals surface area contributed by atoms with Gasteiger partial charge in [-0.25, -0.2) is 4.99 Å². The first kappa shape index (κ1) is 12.7. The number of benzene rings is 1. The van der Waals surface area contributed by atoms with Crippen LogP contribution < -0.4 is 0 Å². The molecule has 4 nitrogen and oxygen atoms in total. The van der Waals surface area contributed by atoms with E-state index in [0.717, 1.165) is 4.90 Å². The molecule has 5 heteroatoms. The first-order valence-corrected chi connectivity index (χ1v) is 6.64. The summed E-state index contributed by atoms with van der Waals surface area (Å²) >= 11 is 1.52. The fourth-order valence-corrected chi connectivity index (χ4v) is 2.20. The zero-order valence-corrected chi connectivity index (χ0v) is 10.6. The molecule has 1 aliphatic carbocycles. The first-order chi connectivity index (χ1) is 8.61. The van der Waals surface area contributed by atoms with Crippen LogP contribution >= 0.6 is 11.8 Å². The van der Waals surface area contributed by atoms with Crippen LogP contribution in [0.5, 0.6) is 0 Å². The normalized spacial score (nSPS) is 18.5. The highest BCUT2D eigenvalue weighted by atomic mass is 32.2. The van der Waals surface area contributed by atoms with Gasteiger partial charge in [0.15, 0.2) is 5.78 Å². The lowest BCUT2D eigenvalue weighted by atomic mass is 9.94. The molecule has 0 spiro atoms. The Balaban J connectivity index is 2.35. The largest absolute Gasteiger partial charge is 0.292 e. The van der Waals surface area contributed by atoms with Gasteiger partial charge in [-0.15, -0.1) is 11.8 Å². The van der Waals surface area contributed by atoms with Crippen LogP contribution in [0.25, 0.3) is 0 Å². The lowest BCUT2D eigenvalue weighted by Crippen LogP contribution is -2.32. The summed E-state index contributed by atoms with van der Waals surface area (Å²) in [6, 6.07) is 7.38. The number of thioether (sulfide) groups is 1. The quantitative estimate of drug-likeness (QED) is 0.464. The van der Waals surface area contributed by atoms with E-state index >= 15 is 0 Å². The minimum atomic E-state index is -0.614. The van der Waals surface area contributed by atoms with Gasteiger partial charge >= 0.3 is 0 Å². The maximum Gasteiger partial charge on any atom is 0.206 e. The molecule has 0 amide bonds. The van der Waals surface area contributed by atoms with Crippen molar-refractivity contribution in [2.75, 3.05) is 6.26 Å². The number of para-hydroxylation sites is 1. The van der Waals surface area contributed by atoms with E-state index in [2.05, 4.69) is 4.99 Å². The average Bonchev–Trinajstić information content (AvgIpc) is 2.36. The number of hydrogen-bond donors (Lipinski definition) is 0. The van der Waals surface area contributed by atoms with Gasteiger partial charge in [0.05, 0.1) is 24.2 Å². The van der Waals surface area contributed by atoms with Crippen LogP contribution in [-0.2, 0) is 14.4 Å². The maximum absolute atomic E-state index is 11.6. The molecule has 0 radical (unpaired) electrons. The topological polar surface area (TPSA) is 63.6 Å². The standard InChI is InChI=1S/C13H11NO3S/c1-18-13-5-3-2-4-8(13)14-9-6-11(16)12(17)7-10(9)15/h2-5H,6-7H2,1H3. The SMILES string of the molecule is CSc1ccccc1N=C1CC(=O)C(=O)CC1=O. The van der Waals surface area contributed by atoms with E-state index in [-0.39, 0.29) is 24.3 Å². The van der Waals surface area contributed by atoms with Gasteiger partial charge in [-0.1, -0.05) is 12.1 Å². The Bertz CT molecular complexity index is 563. The van der Waals surface area contributed by atoms with Gasteiger partial charge in [0.2, 0.25) is 11.6 Å². The van der Waals surface area contributed by atoms with Crippen LogP contribution in [0.1, 0.15) is 12.8 Å². The summed E-state index contributed by atoms with van der Waals surface area (Å²) in [5, 5.41) is 0. The van der Waals surface area contributed by atoms with Crippen molar-refractivity contribution in [3.05, 3.63) is 24.3 Å². The Morgan fingerprint density at radius 1 is 1.00 bits per heavy atom. The van der Waals surface area contributed by atoms with Crippen molar-refractivity contribution in [1.82, 2.24) is 0 Å². The third kappa shape index (κ3) is 2.56. The molecule has 0 saturated heterocycles. The molecule has 0 heterocycles. The Morgan fingerprint density at radius 3 is 2.39 bits per heavy atom. The molecule has 0 atom stereocenters. The Hall–Kier alpha value is -1.75. The zero-order valence-electron chi connectivity index (χ0n) is 9.80. The van der Waals surface area contributed by atoms with Crippen molar-refractivity contribution in [2.24, 2.45) is 4.99 Å². The second-order valence-corrected chi connectivity index (χ2v) is 4.70. The van der Waals surface area contributed by atoms with Gasteiger partial charge in [-0.05, 0) is 18.4 Å². The molecule has 1 aromatic carbocycles. The first-order valence-electron chi connectivity index (χ1n) is 5.41. The minimum absolute atomic E-state index is 0.180. The number of ketones is 3. The summed E-state index contributed by atoms with van der Waals surface area (Å²) in [7, 11) is 0. The van der Waals surface area contributed by atoms with Gasteiger partial charge < -0.3 is 0 Å². The molecular weight excluding hydrogens is 250 g/mol. The van der Waals surface area contributed by atoms with E-state index in [9.17, 15) is 14.4 Å². The second-order valence-electron chi connectivity index (χ2n) is 3.85. The van der Waals surface area contributed by atoms with E-state index < -0.39 is 11.6 Å². The van der Waals surface area contributed by atoms with Gasteiger partial charge in [0, 0.05) is 4.90 Å². The third-order valence-electron chi connectivity index (χ3n) is 2.62. The van der Waals surface area contributed by atoms with Gasteiger partial charge in [-0.2, -0.15) is 0 Å². The predicted octanol–water partition coefficient (Wildman–Crippen LogP) is 1.98. The number of carbonyl (C=O) groups is 3. The molecule has 92 valence electrons. The van der Waals surface area contributed by atoms with Crippen LogP contribution in [-0.4, -0.2) is 29.3 Å². The van der Waals surface area contributed by atoms with E-state index in [4.69, 9.17) is 0 Å². The van der Waals surface area contributed by atoms with Crippen LogP contribution in [0.3, 0.4) is 0 Å². The molecule has 18 heavy (non-hydrogen) atoms. The van der Waals surface area contributed by atoms with Crippen LogP contribution in [0.2, 0.25) is 0 Å². The van der Waals surface area contributed by atoms with E-state index in [1.165, 1.54) is 11.8 Å². The smallest absolute Gasteiger partial charge is 0.206 e. The summed E-state index contributed by atoms with van der Waals surface area (Å²) in [5.41, 5.74) is 0.844. The Kier molecular flexibility index (Phi) is 3.72. The molecule has 0 N–H and O–H groups in total. The van der Waals surface area contributed by atoms with Crippen molar-refractivity contribution in [3.8, 4) is 0 Å². The predicted molar refractivity (Wildman–Crippen MR) is 69.6 cm³/mol. The number of carbonyl (C=O) groups excluding carboxylic acids is 3. The highest BCUT2D eigenvalue weighted by Crippen LogP contribution is 2.28. The van der Waals surface area contributed by atoms with Crippen molar-refractivity contribution < 1.29 is 14.4 Å². The highest BCUT2D eigenvalue weighted by molar-refractivity contribution is 7.98. The minimum Gasteiger partial charge on any atom is -0.292 e. The fraction of sp³-hybridized carbons (Fsp3) is 0.231. The van der Waals surface area contributed by atoms with Crippen molar-refractivity contribution in [3.63, 3.8) is 0 Å². The van der Waals surface area contributed by atoms with Gasteiger partial charge in [0.25, 0.3) is 0 Å². The van der Waals surface area contributed by atoms with E-state index in [1.807, 2.05) is 24.5 Å². The Labute approximate surface area is 108 Å². The van der Waals surface area contributed by atoms with E-state index in [1.54, 1.807) is 6.07 Å². The summed E-state index contributed by atoms with van der Waals surface area (Å²) in [6.45, 7) is 0. The lowest BCUT2D eigenvalue weighted by molar-refractivity contribution is -0.138. The molecule has 0 bridgehead atoms. The van der Waals surface area contributed by atoms with Crippen molar-refractivity contribution >= 4 is 40.5 Å². The summed E-state index contributed by atoms with van der Waals surface area (Å²) in [6.07, 6.45) is 1.38. The van der Waals surface area contributed by atoms with Crippen molar-refractivity contribution in [1.29, 1.82) is 0 Å². The lowest BCUT2D eigenvalue weighted by Gasteiger charge is -2.10. The number of nitrogens with zero attached hydrogens (tertiary/aromatic N) is 1. The van der Waals surface area contributed by atoms with Crippen LogP contribution in [0.4, 0.5) is 5.69 Å². The van der Waals surface area contributed by atoms with E-state index in [0.29, 0.717) is 5.69 Å². The summed E-state index contributed by atoms with van der Waals surface area (Å²) in [4.78, 5) is 39.2. The summed E-state index contributed by atoms with van der Waals surface area (Å²) < 4.78 is 0. The molecule has 2 rings (SSSR count). The van der Waals surface area contributed by atoms with Gasteiger partial charge in [0.1, 0.15) is 0 Å². The monoisotopic (exact) mass is 261 g/mol. The maximum atomic E-state index is 11.6. The third-order valence-corrected chi connectivity index (χ3v) is 3.41. The number of aliphatic imine (C=N–C) groups is 1. The van der Waals surface area contributed by atoms with Crippen LogP contribution in [0.15, 0.2) is 34.2 Å². The highest BCUT2D eigenvalue weighted by Gasteiger charge is 2.29. The number of hydrogen-bond acceptors (Lipinski definition) is 5. The van der Waals surface area contributed by atoms with Crippen molar-refractivity contribution in [2.45, 2.75) is 17.7 Å². The molecule has 1 aromatic rings. The molecule has 1 fully saturated rings. The zero-order chi connectivity index (χ0) is 13.1. The molecule has 0 unspecified atom stereocenters. The molecule has 1 aliphatic rings. The molecule has 0 aromatic heterocycles. The number of rotatable bonds is 2. The molecule has 0 aliphatic heterocycles.